The maximum absolute atomic E-state index is 13.5. The second kappa shape index (κ2) is 8.23. The molecule has 0 aliphatic carbocycles. The number of carbonyl (C=O) groups excluding carboxylic acids is 1. The summed E-state index contributed by atoms with van der Waals surface area (Å²) in [5, 5.41) is 25.5. The zero-order valence-electron chi connectivity index (χ0n) is 12.6. The Balaban J connectivity index is 2.10. The van der Waals surface area contributed by atoms with Gasteiger partial charge in [-0.05, 0) is 30.3 Å². The summed E-state index contributed by atoms with van der Waals surface area (Å²) in [6, 6.07) is 7.10. The zero-order chi connectivity index (χ0) is 17.5. The van der Waals surface area contributed by atoms with E-state index in [1.807, 2.05) is 0 Å². The number of aliphatic hydroxyl groups is 2. The van der Waals surface area contributed by atoms with Gasteiger partial charge in [-0.3, -0.25) is 0 Å². The Morgan fingerprint density at radius 3 is 2.50 bits per heavy atom. The van der Waals surface area contributed by atoms with Crippen LogP contribution in [0.3, 0.4) is 0 Å². The Morgan fingerprint density at radius 1 is 1.04 bits per heavy atom. The van der Waals surface area contributed by atoms with Crippen LogP contribution in [0.15, 0.2) is 36.4 Å². The van der Waals surface area contributed by atoms with Crippen LogP contribution in [0.5, 0.6) is 0 Å². The van der Waals surface area contributed by atoms with Gasteiger partial charge >= 0.3 is 6.03 Å². The molecule has 0 spiro atoms. The van der Waals surface area contributed by atoms with E-state index in [0.717, 1.165) is 6.07 Å². The maximum atomic E-state index is 13.5. The zero-order valence-corrected chi connectivity index (χ0v) is 12.6. The molecule has 2 amide bonds. The molecule has 0 heterocycles. The van der Waals surface area contributed by atoms with Crippen molar-refractivity contribution >= 4 is 23.1 Å². The number of halogens is 2. The van der Waals surface area contributed by atoms with Crippen LogP contribution in [-0.2, 0) is 6.61 Å². The average molecular weight is 337 g/mol. The van der Waals surface area contributed by atoms with E-state index in [9.17, 15) is 13.6 Å². The number of hydrogen-bond donors (Lipinski definition) is 5. The first-order valence-corrected chi connectivity index (χ1v) is 7.15. The van der Waals surface area contributed by atoms with Crippen molar-refractivity contribution in [3.63, 3.8) is 0 Å². The van der Waals surface area contributed by atoms with Gasteiger partial charge in [0.05, 0.1) is 18.9 Å². The van der Waals surface area contributed by atoms with Crippen LogP contribution in [0.25, 0.3) is 0 Å². The predicted molar refractivity (Wildman–Crippen MR) is 86.9 cm³/mol. The molecule has 0 aliphatic heterocycles. The summed E-state index contributed by atoms with van der Waals surface area (Å²) in [4.78, 5) is 12.0. The fraction of sp³-hybridized carbons (Fsp3) is 0.188. The molecule has 2 rings (SSSR count). The van der Waals surface area contributed by atoms with Crippen molar-refractivity contribution in [2.24, 2.45) is 0 Å². The van der Waals surface area contributed by atoms with Gasteiger partial charge in [0.25, 0.3) is 0 Å². The summed E-state index contributed by atoms with van der Waals surface area (Å²) in [5.74, 6) is -1.22. The van der Waals surface area contributed by atoms with Gasteiger partial charge in [0.1, 0.15) is 11.6 Å². The molecule has 6 nitrogen and oxygen atoms in total. The number of aliphatic hydroxyl groups excluding tert-OH is 2. The molecule has 0 fully saturated rings. The fourth-order valence-electron chi connectivity index (χ4n) is 2.09. The summed E-state index contributed by atoms with van der Waals surface area (Å²) in [7, 11) is 0. The third-order valence-corrected chi connectivity index (χ3v) is 3.12. The monoisotopic (exact) mass is 337 g/mol. The first-order valence-electron chi connectivity index (χ1n) is 7.15. The SMILES string of the molecule is O=C(Nc1cc(F)cc(NCCO)c1)Nc1cccc(F)c1CO. The summed E-state index contributed by atoms with van der Waals surface area (Å²) >= 11 is 0. The maximum Gasteiger partial charge on any atom is 0.323 e. The Bertz CT molecular complexity index is 726. The molecule has 2 aromatic carbocycles. The number of amides is 2. The minimum Gasteiger partial charge on any atom is -0.395 e. The third kappa shape index (κ3) is 4.64. The fourth-order valence-corrected chi connectivity index (χ4v) is 2.09. The highest BCUT2D eigenvalue weighted by Crippen LogP contribution is 2.21. The van der Waals surface area contributed by atoms with E-state index in [1.165, 1.54) is 30.3 Å². The van der Waals surface area contributed by atoms with Crippen molar-refractivity contribution in [3.05, 3.63) is 53.6 Å². The van der Waals surface area contributed by atoms with Crippen molar-refractivity contribution in [1.82, 2.24) is 0 Å². The van der Waals surface area contributed by atoms with E-state index in [2.05, 4.69) is 16.0 Å². The molecule has 0 saturated heterocycles. The van der Waals surface area contributed by atoms with Gasteiger partial charge in [-0.2, -0.15) is 0 Å². The molecular weight excluding hydrogens is 320 g/mol. The molecule has 5 N–H and O–H groups in total. The Kier molecular flexibility index (Phi) is 6.05. The second-order valence-corrected chi connectivity index (χ2v) is 4.88. The standard InChI is InChI=1S/C16H17F2N3O3/c17-10-6-11(19-4-5-22)8-12(7-10)20-16(24)21-15-3-1-2-14(18)13(15)9-23/h1-3,6-8,19,22-23H,4-5,9H2,(H2,20,21,24). The molecule has 2 aromatic rings. The van der Waals surface area contributed by atoms with Crippen molar-refractivity contribution < 1.29 is 23.8 Å². The van der Waals surface area contributed by atoms with Crippen LogP contribution in [0.4, 0.5) is 30.6 Å². The number of hydrogen-bond acceptors (Lipinski definition) is 4. The average Bonchev–Trinajstić information content (AvgIpc) is 2.52. The summed E-state index contributed by atoms with van der Waals surface area (Å²) in [6.07, 6.45) is 0. The van der Waals surface area contributed by atoms with Crippen LogP contribution >= 0.6 is 0 Å². The quantitative estimate of drug-likeness (QED) is 0.560. The van der Waals surface area contributed by atoms with E-state index >= 15 is 0 Å². The van der Waals surface area contributed by atoms with E-state index in [4.69, 9.17) is 10.2 Å². The van der Waals surface area contributed by atoms with E-state index in [1.54, 1.807) is 0 Å². The van der Waals surface area contributed by atoms with Crippen LogP contribution in [0.2, 0.25) is 0 Å². The molecule has 0 aliphatic rings. The van der Waals surface area contributed by atoms with Crippen molar-refractivity contribution in [1.29, 1.82) is 0 Å². The number of carbonyl (C=O) groups is 1. The Labute approximate surface area is 137 Å². The van der Waals surface area contributed by atoms with E-state index in [-0.39, 0.29) is 30.1 Å². The van der Waals surface area contributed by atoms with Gasteiger partial charge in [-0.15, -0.1) is 0 Å². The van der Waals surface area contributed by atoms with Crippen molar-refractivity contribution in [3.8, 4) is 0 Å². The molecule has 128 valence electrons. The smallest absolute Gasteiger partial charge is 0.323 e. The van der Waals surface area contributed by atoms with Gasteiger partial charge in [-0.1, -0.05) is 6.07 Å². The topological polar surface area (TPSA) is 93.6 Å². The second-order valence-electron chi connectivity index (χ2n) is 4.88. The van der Waals surface area contributed by atoms with Crippen LogP contribution < -0.4 is 16.0 Å². The van der Waals surface area contributed by atoms with Crippen LogP contribution in [-0.4, -0.2) is 29.4 Å². The molecule has 0 atom stereocenters. The summed E-state index contributed by atoms with van der Waals surface area (Å²) in [6.45, 7) is -0.459. The molecule has 8 heteroatoms. The van der Waals surface area contributed by atoms with Gasteiger partial charge in [-0.25, -0.2) is 13.6 Å². The van der Waals surface area contributed by atoms with E-state index < -0.39 is 24.3 Å². The lowest BCUT2D eigenvalue weighted by Gasteiger charge is -2.12. The lowest BCUT2D eigenvalue weighted by atomic mass is 10.2. The first-order chi connectivity index (χ1) is 11.5. The largest absolute Gasteiger partial charge is 0.395 e. The normalized spacial score (nSPS) is 10.3. The Morgan fingerprint density at radius 2 is 1.79 bits per heavy atom. The molecular formula is C16H17F2N3O3. The highest BCUT2D eigenvalue weighted by molar-refractivity contribution is 6.00. The highest BCUT2D eigenvalue weighted by Gasteiger charge is 2.11. The molecule has 0 radical (unpaired) electrons. The third-order valence-electron chi connectivity index (χ3n) is 3.12. The number of benzene rings is 2. The van der Waals surface area contributed by atoms with Gasteiger partial charge in [0.15, 0.2) is 0 Å². The molecule has 0 bridgehead atoms. The van der Waals surface area contributed by atoms with Crippen LogP contribution in [0.1, 0.15) is 5.56 Å². The Hall–Kier alpha value is -2.71. The van der Waals surface area contributed by atoms with Gasteiger partial charge in [0.2, 0.25) is 0 Å². The molecule has 0 saturated carbocycles. The molecule has 0 unspecified atom stereocenters. The highest BCUT2D eigenvalue weighted by atomic mass is 19.1. The van der Waals surface area contributed by atoms with Gasteiger partial charge < -0.3 is 26.2 Å². The first kappa shape index (κ1) is 17.6. The lowest BCUT2D eigenvalue weighted by Crippen LogP contribution is -2.21. The van der Waals surface area contributed by atoms with E-state index in [0.29, 0.717) is 5.69 Å². The molecule has 0 aromatic heterocycles. The number of nitrogens with one attached hydrogen (secondary N) is 3. The number of rotatable bonds is 6. The number of anilines is 3. The van der Waals surface area contributed by atoms with Crippen LogP contribution in [0, 0.1) is 11.6 Å². The predicted octanol–water partition coefficient (Wildman–Crippen LogP) is 2.51. The van der Waals surface area contributed by atoms with Crippen molar-refractivity contribution in [2.45, 2.75) is 6.61 Å². The van der Waals surface area contributed by atoms with Gasteiger partial charge in [0, 0.05) is 23.5 Å². The molecule has 24 heavy (non-hydrogen) atoms. The minimum atomic E-state index is -0.714. The number of urea groups is 1. The lowest BCUT2D eigenvalue weighted by molar-refractivity contribution is 0.261. The summed E-state index contributed by atoms with van der Waals surface area (Å²) < 4.78 is 27.1. The van der Waals surface area contributed by atoms with Crippen molar-refractivity contribution in [2.75, 3.05) is 29.1 Å². The summed E-state index contributed by atoms with van der Waals surface area (Å²) in [5.41, 5.74) is 0.637. The minimum absolute atomic E-state index is 0.0443.